The minimum absolute atomic E-state index is 0.166. The number of rotatable bonds is 6. The standard InChI is InChI=1S/C22H25ClN2O5S/c1-15-5-3-4-6-20(15)24-21(26)16(2)30-22(27)17-11-13-25(14-12-17)31(28,29)19-9-7-18(23)8-10-19/h3-10,16-17H,11-14H2,1-2H3,(H,24,26). The molecule has 0 bridgehead atoms. The van der Waals surface area contributed by atoms with Gasteiger partial charge in [-0.2, -0.15) is 4.31 Å². The lowest BCUT2D eigenvalue weighted by Gasteiger charge is -2.30. The van der Waals surface area contributed by atoms with E-state index in [9.17, 15) is 18.0 Å². The third-order valence-corrected chi connectivity index (χ3v) is 7.47. The highest BCUT2D eigenvalue weighted by Gasteiger charge is 2.34. The Labute approximate surface area is 187 Å². The molecule has 1 N–H and O–H groups in total. The lowest BCUT2D eigenvalue weighted by atomic mass is 9.98. The van der Waals surface area contributed by atoms with Crippen molar-refractivity contribution in [2.24, 2.45) is 5.92 Å². The largest absolute Gasteiger partial charge is 0.452 e. The Morgan fingerprint density at radius 2 is 1.71 bits per heavy atom. The summed E-state index contributed by atoms with van der Waals surface area (Å²) in [5.74, 6) is -1.35. The number of halogens is 1. The summed E-state index contributed by atoms with van der Waals surface area (Å²) in [5, 5.41) is 3.21. The Hall–Kier alpha value is -2.42. The van der Waals surface area contributed by atoms with Crippen LogP contribution in [0.4, 0.5) is 5.69 Å². The van der Waals surface area contributed by atoms with Gasteiger partial charge in [-0.25, -0.2) is 8.42 Å². The fourth-order valence-electron chi connectivity index (χ4n) is 3.36. The molecule has 7 nitrogen and oxygen atoms in total. The average molecular weight is 465 g/mol. The molecule has 2 aromatic carbocycles. The van der Waals surface area contributed by atoms with E-state index in [4.69, 9.17) is 16.3 Å². The minimum atomic E-state index is -3.64. The molecule has 0 spiro atoms. The Bertz CT molecular complexity index is 1050. The maximum absolute atomic E-state index is 12.8. The number of carbonyl (C=O) groups is 2. The number of amides is 1. The van der Waals surface area contributed by atoms with Crippen LogP contribution in [0.15, 0.2) is 53.4 Å². The number of ether oxygens (including phenoxy) is 1. The highest BCUT2D eigenvalue weighted by atomic mass is 35.5. The third-order valence-electron chi connectivity index (χ3n) is 5.30. The zero-order valence-corrected chi connectivity index (χ0v) is 18.9. The molecule has 0 aromatic heterocycles. The Balaban J connectivity index is 1.53. The molecule has 1 atom stereocenters. The summed E-state index contributed by atoms with van der Waals surface area (Å²) in [6.07, 6.45) is -0.293. The van der Waals surface area contributed by atoms with Crippen molar-refractivity contribution in [2.75, 3.05) is 18.4 Å². The number of para-hydroxylation sites is 1. The first-order valence-electron chi connectivity index (χ1n) is 10.0. The first kappa shape index (κ1) is 23.2. The molecule has 0 aliphatic carbocycles. The van der Waals surface area contributed by atoms with E-state index in [0.717, 1.165) is 5.56 Å². The summed E-state index contributed by atoms with van der Waals surface area (Å²) in [6, 6.07) is 13.3. The van der Waals surface area contributed by atoms with Crippen LogP contribution in [0.5, 0.6) is 0 Å². The van der Waals surface area contributed by atoms with E-state index in [1.807, 2.05) is 25.1 Å². The molecule has 0 radical (unpaired) electrons. The third kappa shape index (κ3) is 5.64. The number of hydrogen-bond acceptors (Lipinski definition) is 5. The first-order valence-corrected chi connectivity index (χ1v) is 11.8. The molecule has 2 aromatic rings. The predicted molar refractivity (Wildman–Crippen MR) is 118 cm³/mol. The Morgan fingerprint density at radius 1 is 1.10 bits per heavy atom. The summed E-state index contributed by atoms with van der Waals surface area (Å²) in [6.45, 7) is 3.80. The number of hydrogen-bond donors (Lipinski definition) is 1. The van der Waals surface area contributed by atoms with E-state index in [1.54, 1.807) is 6.07 Å². The smallest absolute Gasteiger partial charge is 0.309 e. The second-order valence-electron chi connectivity index (χ2n) is 7.52. The Kier molecular flexibility index (Phi) is 7.35. The zero-order chi connectivity index (χ0) is 22.6. The van der Waals surface area contributed by atoms with Crippen LogP contribution in [0, 0.1) is 12.8 Å². The van der Waals surface area contributed by atoms with Gasteiger partial charge in [-0.15, -0.1) is 0 Å². The summed E-state index contributed by atoms with van der Waals surface area (Å²) >= 11 is 5.83. The summed E-state index contributed by atoms with van der Waals surface area (Å²) in [7, 11) is -3.64. The molecule has 1 aliphatic heterocycles. The van der Waals surface area contributed by atoms with Crippen LogP contribution in [0.2, 0.25) is 5.02 Å². The molecule has 166 valence electrons. The lowest BCUT2D eigenvalue weighted by molar-refractivity contribution is -0.158. The number of nitrogens with zero attached hydrogens (tertiary/aromatic N) is 1. The first-order chi connectivity index (χ1) is 14.7. The van der Waals surface area contributed by atoms with Gasteiger partial charge in [0.25, 0.3) is 5.91 Å². The monoisotopic (exact) mass is 464 g/mol. The summed E-state index contributed by atoms with van der Waals surface area (Å²) in [5.41, 5.74) is 1.57. The maximum Gasteiger partial charge on any atom is 0.309 e. The van der Waals surface area contributed by atoms with Crippen molar-refractivity contribution in [3.05, 3.63) is 59.1 Å². The fourth-order valence-corrected chi connectivity index (χ4v) is 4.95. The minimum Gasteiger partial charge on any atom is -0.452 e. The number of sulfonamides is 1. The van der Waals surface area contributed by atoms with E-state index in [-0.39, 0.29) is 18.0 Å². The molecule has 31 heavy (non-hydrogen) atoms. The molecular formula is C22H25ClN2O5S. The molecule has 1 amide bonds. The van der Waals surface area contributed by atoms with Crippen LogP contribution >= 0.6 is 11.6 Å². The van der Waals surface area contributed by atoms with Crippen molar-refractivity contribution >= 4 is 39.2 Å². The molecule has 1 saturated heterocycles. The van der Waals surface area contributed by atoms with Crippen molar-refractivity contribution in [2.45, 2.75) is 37.7 Å². The topological polar surface area (TPSA) is 92.8 Å². The second kappa shape index (κ2) is 9.80. The van der Waals surface area contributed by atoms with E-state index in [0.29, 0.717) is 23.6 Å². The van der Waals surface area contributed by atoms with Crippen molar-refractivity contribution in [1.29, 1.82) is 0 Å². The van der Waals surface area contributed by atoms with Crippen LogP contribution in [-0.2, 0) is 24.3 Å². The number of aryl methyl sites for hydroxylation is 1. The number of esters is 1. The summed E-state index contributed by atoms with van der Waals surface area (Å²) in [4.78, 5) is 25.0. The molecule has 0 saturated carbocycles. The molecule has 3 rings (SSSR count). The van der Waals surface area contributed by atoms with Gasteiger partial charge in [0.05, 0.1) is 10.8 Å². The van der Waals surface area contributed by atoms with E-state index in [1.165, 1.54) is 35.5 Å². The molecule has 9 heteroatoms. The van der Waals surface area contributed by atoms with Gasteiger partial charge in [0.2, 0.25) is 10.0 Å². The summed E-state index contributed by atoms with van der Waals surface area (Å²) < 4.78 is 32.2. The van der Waals surface area contributed by atoms with Gasteiger partial charge in [0.15, 0.2) is 6.10 Å². The molecule has 1 aliphatic rings. The van der Waals surface area contributed by atoms with E-state index < -0.39 is 33.9 Å². The number of carbonyl (C=O) groups excluding carboxylic acids is 2. The van der Waals surface area contributed by atoms with Gasteiger partial charge >= 0.3 is 5.97 Å². The molecule has 1 heterocycles. The van der Waals surface area contributed by atoms with Gasteiger partial charge in [-0.3, -0.25) is 9.59 Å². The normalized spacial score (nSPS) is 16.5. The average Bonchev–Trinajstić information content (AvgIpc) is 2.75. The van der Waals surface area contributed by atoms with E-state index in [2.05, 4.69) is 5.32 Å². The van der Waals surface area contributed by atoms with Crippen molar-refractivity contribution < 1.29 is 22.7 Å². The van der Waals surface area contributed by atoms with Gasteiger partial charge < -0.3 is 10.1 Å². The molecule has 1 fully saturated rings. The van der Waals surface area contributed by atoms with Gasteiger partial charge in [0.1, 0.15) is 0 Å². The van der Waals surface area contributed by atoms with Crippen molar-refractivity contribution in [1.82, 2.24) is 4.31 Å². The van der Waals surface area contributed by atoms with Crippen molar-refractivity contribution in [3.8, 4) is 0 Å². The highest BCUT2D eigenvalue weighted by molar-refractivity contribution is 7.89. The van der Waals surface area contributed by atoms with Gasteiger partial charge in [-0.1, -0.05) is 29.8 Å². The lowest BCUT2D eigenvalue weighted by Crippen LogP contribution is -2.41. The highest BCUT2D eigenvalue weighted by Crippen LogP contribution is 2.26. The van der Waals surface area contributed by atoms with Crippen LogP contribution in [0.3, 0.4) is 0 Å². The van der Waals surface area contributed by atoms with Crippen LogP contribution in [-0.4, -0.2) is 43.8 Å². The van der Waals surface area contributed by atoms with Crippen LogP contribution in [0.25, 0.3) is 0 Å². The Morgan fingerprint density at radius 3 is 2.32 bits per heavy atom. The second-order valence-corrected chi connectivity index (χ2v) is 9.89. The fraction of sp³-hybridized carbons (Fsp3) is 0.364. The number of piperidine rings is 1. The predicted octanol–water partition coefficient (Wildman–Crippen LogP) is 3.62. The number of benzene rings is 2. The maximum atomic E-state index is 12.8. The van der Waals surface area contributed by atoms with Gasteiger partial charge in [-0.05, 0) is 62.6 Å². The SMILES string of the molecule is Cc1ccccc1NC(=O)C(C)OC(=O)C1CCN(S(=O)(=O)c2ccc(Cl)cc2)CC1. The van der Waals surface area contributed by atoms with Crippen molar-refractivity contribution in [3.63, 3.8) is 0 Å². The zero-order valence-electron chi connectivity index (χ0n) is 17.4. The number of nitrogens with one attached hydrogen (secondary N) is 1. The van der Waals surface area contributed by atoms with Gasteiger partial charge in [0, 0.05) is 23.8 Å². The number of anilines is 1. The molecular weight excluding hydrogens is 440 g/mol. The quantitative estimate of drug-likeness (QED) is 0.659. The van der Waals surface area contributed by atoms with Crippen LogP contribution < -0.4 is 5.32 Å². The molecule has 1 unspecified atom stereocenters. The van der Waals surface area contributed by atoms with E-state index >= 15 is 0 Å². The van der Waals surface area contributed by atoms with Crippen LogP contribution in [0.1, 0.15) is 25.3 Å².